The van der Waals surface area contributed by atoms with Crippen LogP contribution in [0, 0.1) is 0 Å². The molecule has 0 N–H and O–H groups in total. The van der Waals surface area contributed by atoms with Gasteiger partial charge in [0.15, 0.2) is 0 Å². The first-order valence-corrected chi connectivity index (χ1v) is 6.56. The molecule has 0 heterocycles. The summed E-state index contributed by atoms with van der Waals surface area (Å²) in [6.07, 6.45) is -4.66. The molecule has 1 aromatic carbocycles. The topological polar surface area (TPSA) is 46.6 Å². The van der Waals surface area contributed by atoms with Crippen LogP contribution in [-0.2, 0) is 10.0 Å². The zero-order valence-electron chi connectivity index (χ0n) is 10.0. The molecular formula is C11H12F3NO3S. The molecule has 0 aliphatic heterocycles. The molecule has 0 amide bonds. The number of methoxy groups -OCH3 is 1. The van der Waals surface area contributed by atoms with Gasteiger partial charge in [-0.1, -0.05) is 6.58 Å². The summed E-state index contributed by atoms with van der Waals surface area (Å²) < 4.78 is 65.6. The molecule has 0 atom stereocenters. The summed E-state index contributed by atoms with van der Waals surface area (Å²) in [5, 5.41) is 0.475. The number of sulfonamides is 1. The van der Waals surface area contributed by atoms with E-state index in [0.29, 0.717) is 11.2 Å². The van der Waals surface area contributed by atoms with Crippen LogP contribution in [0.15, 0.2) is 36.3 Å². The van der Waals surface area contributed by atoms with Gasteiger partial charge in [0, 0.05) is 5.41 Å². The lowest BCUT2D eigenvalue weighted by molar-refractivity contribution is -0.117. The van der Waals surface area contributed by atoms with Gasteiger partial charge in [0.05, 0.1) is 12.8 Å². The Morgan fingerprint density at radius 2 is 1.84 bits per heavy atom. The summed E-state index contributed by atoms with van der Waals surface area (Å²) >= 11 is 0. The van der Waals surface area contributed by atoms with Gasteiger partial charge >= 0.3 is 6.18 Å². The van der Waals surface area contributed by atoms with Crippen LogP contribution in [0.1, 0.15) is 0 Å². The van der Waals surface area contributed by atoms with Gasteiger partial charge in [-0.3, -0.25) is 4.31 Å². The highest BCUT2D eigenvalue weighted by atomic mass is 32.2. The number of anilines is 1. The fourth-order valence-electron chi connectivity index (χ4n) is 1.33. The van der Waals surface area contributed by atoms with Crippen molar-refractivity contribution in [1.29, 1.82) is 0 Å². The third-order valence-corrected chi connectivity index (χ3v) is 3.58. The normalized spacial score (nSPS) is 12.0. The molecule has 0 aliphatic rings. The summed E-state index contributed by atoms with van der Waals surface area (Å²) in [6, 6.07) is 5.20. The Balaban J connectivity index is 3.19. The van der Waals surface area contributed by atoms with E-state index >= 15 is 0 Å². The van der Waals surface area contributed by atoms with E-state index in [1.54, 1.807) is 0 Å². The van der Waals surface area contributed by atoms with E-state index in [1.165, 1.54) is 31.4 Å². The number of halogens is 3. The molecule has 0 saturated heterocycles. The van der Waals surface area contributed by atoms with Crippen molar-refractivity contribution in [2.45, 2.75) is 6.18 Å². The maximum absolute atomic E-state index is 12.4. The van der Waals surface area contributed by atoms with Crippen molar-refractivity contribution in [3.05, 3.63) is 36.3 Å². The highest BCUT2D eigenvalue weighted by molar-refractivity contribution is 7.95. The van der Waals surface area contributed by atoms with E-state index in [9.17, 15) is 21.6 Å². The molecule has 0 aromatic heterocycles. The third kappa shape index (κ3) is 4.16. The second-order valence-electron chi connectivity index (χ2n) is 3.53. The lowest BCUT2D eigenvalue weighted by atomic mass is 10.3. The summed E-state index contributed by atoms with van der Waals surface area (Å²) in [5.41, 5.74) is -0.113. The van der Waals surface area contributed by atoms with Crippen LogP contribution >= 0.6 is 0 Å². The van der Waals surface area contributed by atoms with Crippen molar-refractivity contribution in [3.63, 3.8) is 0 Å². The quantitative estimate of drug-likeness (QED) is 0.838. The first-order chi connectivity index (χ1) is 8.69. The van der Waals surface area contributed by atoms with E-state index in [1.807, 2.05) is 0 Å². The second kappa shape index (κ2) is 5.52. The maximum atomic E-state index is 12.4. The molecular weight excluding hydrogens is 283 g/mol. The van der Waals surface area contributed by atoms with Crippen molar-refractivity contribution in [2.75, 3.05) is 18.0 Å². The first-order valence-electron chi connectivity index (χ1n) is 5.05. The summed E-state index contributed by atoms with van der Waals surface area (Å²) in [4.78, 5) is 0. The minimum absolute atomic E-state index is 0.113. The smallest absolute Gasteiger partial charge is 0.407 e. The summed E-state index contributed by atoms with van der Waals surface area (Å²) in [7, 11) is -2.84. The molecule has 1 aromatic rings. The molecule has 4 nitrogen and oxygen atoms in total. The molecule has 0 fully saturated rings. The molecule has 1 rings (SSSR count). The van der Waals surface area contributed by atoms with E-state index in [4.69, 9.17) is 4.74 Å². The van der Waals surface area contributed by atoms with E-state index in [-0.39, 0.29) is 9.99 Å². The number of benzene rings is 1. The number of hydrogen-bond donors (Lipinski definition) is 0. The van der Waals surface area contributed by atoms with Gasteiger partial charge < -0.3 is 4.74 Å². The number of alkyl halides is 3. The average molecular weight is 295 g/mol. The average Bonchev–Trinajstić information content (AvgIpc) is 2.35. The molecule has 19 heavy (non-hydrogen) atoms. The van der Waals surface area contributed by atoms with Gasteiger partial charge in [-0.15, -0.1) is 0 Å². The standard InChI is InChI=1S/C11H12F3NO3S/c1-3-19(16,17)15(8-11(12,13)14)9-4-6-10(18-2)7-5-9/h3-7H,1,8H2,2H3. The SMILES string of the molecule is C=CS(=O)(=O)N(CC(F)(F)F)c1ccc(OC)cc1. The zero-order valence-corrected chi connectivity index (χ0v) is 10.8. The predicted molar refractivity (Wildman–Crippen MR) is 65.5 cm³/mol. The lowest BCUT2D eigenvalue weighted by Crippen LogP contribution is -2.37. The summed E-state index contributed by atoms with van der Waals surface area (Å²) in [6.45, 7) is 1.40. The monoisotopic (exact) mass is 295 g/mol. The number of nitrogens with zero attached hydrogens (tertiary/aromatic N) is 1. The predicted octanol–water partition coefficient (Wildman–Crippen LogP) is 2.54. The van der Waals surface area contributed by atoms with E-state index < -0.39 is 22.7 Å². The molecule has 0 aliphatic carbocycles. The van der Waals surface area contributed by atoms with Crippen LogP contribution in [0.2, 0.25) is 0 Å². The molecule has 8 heteroatoms. The minimum atomic E-state index is -4.66. The van der Waals surface area contributed by atoms with Crippen LogP contribution in [0.4, 0.5) is 18.9 Å². The number of rotatable bonds is 5. The Morgan fingerprint density at radius 1 is 1.32 bits per heavy atom. The maximum Gasteiger partial charge on any atom is 0.407 e. The Labute approximate surface area is 109 Å². The molecule has 0 unspecified atom stereocenters. The lowest BCUT2D eigenvalue weighted by Gasteiger charge is -2.23. The van der Waals surface area contributed by atoms with Gasteiger partial charge in [-0.25, -0.2) is 8.42 Å². The van der Waals surface area contributed by atoms with Crippen LogP contribution in [0.25, 0.3) is 0 Å². The minimum Gasteiger partial charge on any atom is -0.497 e. The van der Waals surface area contributed by atoms with Crippen molar-refractivity contribution in [3.8, 4) is 5.75 Å². The molecule has 0 radical (unpaired) electrons. The van der Waals surface area contributed by atoms with Crippen LogP contribution in [0.3, 0.4) is 0 Å². The summed E-state index contributed by atoms with van der Waals surface area (Å²) in [5.74, 6) is 0.409. The Kier molecular flexibility index (Phi) is 4.46. The molecule has 0 saturated carbocycles. The van der Waals surface area contributed by atoms with Gasteiger partial charge in [-0.05, 0) is 24.3 Å². The van der Waals surface area contributed by atoms with Crippen molar-refractivity contribution >= 4 is 15.7 Å². The molecule has 0 spiro atoms. The van der Waals surface area contributed by atoms with E-state index in [2.05, 4.69) is 6.58 Å². The van der Waals surface area contributed by atoms with Crippen LogP contribution in [0.5, 0.6) is 5.75 Å². The van der Waals surface area contributed by atoms with Crippen molar-refractivity contribution in [1.82, 2.24) is 0 Å². The Hall–Kier alpha value is -1.70. The fraction of sp³-hybridized carbons (Fsp3) is 0.273. The fourth-order valence-corrected chi connectivity index (χ4v) is 2.25. The largest absolute Gasteiger partial charge is 0.497 e. The van der Waals surface area contributed by atoms with Crippen molar-refractivity contribution < 1.29 is 26.3 Å². The van der Waals surface area contributed by atoms with Gasteiger partial charge in [0.2, 0.25) is 0 Å². The highest BCUT2D eigenvalue weighted by Crippen LogP contribution is 2.27. The highest BCUT2D eigenvalue weighted by Gasteiger charge is 2.35. The van der Waals surface area contributed by atoms with Crippen molar-refractivity contribution in [2.24, 2.45) is 0 Å². The molecule has 0 bridgehead atoms. The Bertz CT molecular complexity index is 537. The Morgan fingerprint density at radius 3 is 2.21 bits per heavy atom. The number of ether oxygens (including phenoxy) is 1. The van der Waals surface area contributed by atoms with Crippen LogP contribution in [-0.4, -0.2) is 28.2 Å². The third-order valence-electron chi connectivity index (χ3n) is 2.20. The van der Waals surface area contributed by atoms with Crippen LogP contribution < -0.4 is 9.04 Å². The zero-order chi connectivity index (χ0) is 14.7. The molecule has 106 valence electrons. The second-order valence-corrected chi connectivity index (χ2v) is 5.34. The number of hydrogen-bond acceptors (Lipinski definition) is 3. The van der Waals surface area contributed by atoms with Gasteiger partial charge in [-0.2, -0.15) is 13.2 Å². The van der Waals surface area contributed by atoms with Gasteiger partial charge in [0.1, 0.15) is 12.3 Å². The van der Waals surface area contributed by atoms with Gasteiger partial charge in [0.25, 0.3) is 10.0 Å². The first kappa shape index (κ1) is 15.4. The van der Waals surface area contributed by atoms with E-state index in [0.717, 1.165) is 0 Å².